The molecule has 0 saturated carbocycles. The smallest absolute Gasteiger partial charge is 0.251 e. The predicted molar refractivity (Wildman–Crippen MR) is 88.7 cm³/mol. The van der Waals surface area contributed by atoms with Crippen LogP contribution in [0.1, 0.15) is 43.1 Å². The number of hydrogen-bond acceptors (Lipinski definition) is 3. The number of anilines is 1. The van der Waals surface area contributed by atoms with Crippen LogP contribution in [0, 0.1) is 5.92 Å². The van der Waals surface area contributed by atoms with Crippen LogP contribution in [-0.4, -0.2) is 33.2 Å². The quantitative estimate of drug-likeness (QED) is 0.902. The second-order valence-electron chi connectivity index (χ2n) is 6.39. The van der Waals surface area contributed by atoms with Gasteiger partial charge >= 0.3 is 0 Å². The fourth-order valence-corrected chi connectivity index (χ4v) is 4.09. The summed E-state index contributed by atoms with van der Waals surface area (Å²) in [4.78, 5) is 12.1. The van der Waals surface area contributed by atoms with Gasteiger partial charge in [-0.05, 0) is 49.4 Å². The van der Waals surface area contributed by atoms with E-state index >= 15 is 0 Å². The van der Waals surface area contributed by atoms with Gasteiger partial charge in [-0.15, -0.1) is 0 Å². The average molecular weight is 324 g/mol. The van der Waals surface area contributed by atoms with Crippen LogP contribution in [0.15, 0.2) is 18.2 Å². The van der Waals surface area contributed by atoms with Gasteiger partial charge in [0.2, 0.25) is 10.0 Å². The molecule has 1 amide bonds. The Morgan fingerprint density at radius 3 is 2.68 bits per heavy atom. The van der Waals surface area contributed by atoms with Gasteiger partial charge in [-0.25, -0.2) is 8.42 Å². The molecule has 0 fully saturated rings. The summed E-state index contributed by atoms with van der Waals surface area (Å²) in [6, 6.07) is 5.13. The molecule has 0 aliphatic carbocycles. The van der Waals surface area contributed by atoms with Crippen LogP contribution in [0.4, 0.5) is 5.69 Å². The second-order valence-corrected chi connectivity index (χ2v) is 8.25. The minimum atomic E-state index is -3.29. The lowest BCUT2D eigenvalue weighted by Crippen LogP contribution is -2.34. The maximum atomic E-state index is 12.1. The maximum absolute atomic E-state index is 12.1. The van der Waals surface area contributed by atoms with Crippen LogP contribution >= 0.6 is 0 Å². The van der Waals surface area contributed by atoms with Crippen molar-refractivity contribution in [3.8, 4) is 0 Å². The molecule has 2 rings (SSSR count). The Bertz CT molecular complexity index is 668. The van der Waals surface area contributed by atoms with Gasteiger partial charge in [0, 0.05) is 18.2 Å². The van der Waals surface area contributed by atoms with Crippen molar-refractivity contribution in [1.29, 1.82) is 0 Å². The summed E-state index contributed by atoms with van der Waals surface area (Å²) in [5.74, 6) is 0.443. The van der Waals surface area contributed by atoms with E-state index in [2.05, 4.69) is 19.2 Å². The predicted octanol–water partition coefficient (Wildman–Crippen LogP) is 2.17. The van der Waals surface area contributed by atoms with E-state index in [1.807, 2.05) is 13.0 Å². The Balaban J connectivity index is 2.17. The third-order valence-corrected chi connectivity index (χ3v) is 5.13. The molecule has 1 heterocycles. The van der Waals surface area contributed by atoms with Gasteiger partial charge in [0.15, 0.2) is 0 Å². The molecule has 22 heavy (non-hydrogen) atoms. The number of carbonyl (C=O) groups is 1. The van der Waals surface area contributed by atoms with E-state index in [1.165, 1.54) is 10.6 Å². The molecule has 1 aliphatic heterocycles. The van der Waals surface area contributed by atoms with Crippen molar-refractivity contribution < 1.29 is 13.2 Å². The van der Waals surface area contributed by atoms with Gasteiger partial charge in [0.25, 0.3) is 5.91 Å². The van der Waals surface area contributed by atoms with Crippen LogP contribution in [-0.2, 0) is 16.4 Å². The minimum absolute atomic E-state index is 0.103. The van der Waals surface area contributed by atoms with Crippen molar-refractivity contribution in [2.75, 3.05) is 17.1 Å². The van der Waals surface area contributed by atoms with Crippen LogP contribution in [0.2, 0.25) is 0 Å². The van der Waals surface area contributed by atoms with Crippen molar-refractivity contribution in [3.63, 3.8) is 0 Å². The number of carbonyl (C=O) groups excluding carboxylic acids is 1. The van der Waals surface area contributed by atoms with E-state index < -0.39 is 10.0 Å². The number of nitrogens with zero attached hydrogens (tertiary/aromatic N) is 1. The molecule has 0 bridgehead atoms. The van der Waals surface area contributed by atoms with E-state index in [1.54, 1.807) is 12.1 Å². The van der Waals surface area contributed by atoms with Crippen LogP contribution in [0.5, 0.6) is 0 Å². The van der Waals surface area contributed by atoms with Gasteiger partial charge in [0.05, 0.1) is 11.9 Å². The number of sulfonamides is 1. The third kappa shape index (κ3) is 3.61. The topological polar surface area (TPSA) is 66.5 Å². The highest BCUT2D eigenvalue weighted by Gasteiger charge is 2.32. The van der Waals surface area contributed by atoms with Gasteiger partial charge in [-0.2, -0.15) is 0 Å². The molecule has 1 aliphatic rings. The second kappa shape index (κ2) is 6.28. The molecule has 0 unspecified atom stereocenters. The molecule has 122 valence electrons. The number of amides is 1. The molecule has 1 aromatic carbocycles. The van der Waals surface area contributed by atoms with E-state index in [0.717, 1.165) is 12.0 Å². The Hall–Kier alpha value is -1.56. The highest BCUT2D eigenvalue weighted by Crippen LogP contribution is 2.34. The van der Waals surface area contributed by atoms with Crippen molar-refractivity contribution in [2.45, 2.75) is 39.7 Å². The number of fused-ring (bicyclic) bond motifs is 1. The average Bonchev–Trinajstić information content (AvgIpc) is 2.72. The summed E-state index contributed by atoms with van der Waals surface area (Å²) in [6.07, 6.45) is 2.79. The SMILES string of the molecule is CC(C)CCNC(=O)c1ccc2c(c1)C[C@@H](C)N2S(C)(=O)=O. The molecule has 6 heteroatoms. The molecule has 0 spiro atoms. The zero-order chi connectivity index (χ0) is 16.5. The summed E-state index contributed by atoms with van der Waals surface area (Å²) >= 11 is 0. The molecular weight excluding hydrogens is 300 g/mol. The molecule has 0 radical (unpaired) electrons. The summed E-state index contributed by atoms with van der Waals surface area (Å²) in [5, 5.41) is 2.90. The van der Waals surface area contributed by atoms with Crippen molar-refractivity contribution >= 4 is 21.6 Å². The molecule has 1 N–H and O–H groups in total. The van der Waals surface area contributed by atoms with Crippen molar-refractivity contribution in [2.24, 2.45) is 5.92 Å². The normalized spacial score (nSPS) is 17.7. The fourth-order valence-electron chi connectivity index (χ4n) is 2.83. The Morgan fingerprint density at radius 1 is 1.41 bits per heavy atom. The van der Waals surface area contributed by atoms with E-state index in [-0.39, 0.29) is 11.9 Å². The van der Waals surface area contributed by atoms with Gasteiger partial charge in [-0.1, -0.05) is 13.8 Å². The van der Waals surface area contributed by atoms with Gasteiger partial charge in [0.1, 0.15) is 0 Å². The lowest BCUT2D eigenvalue weighted by atomic mass is 10.1. The van der Waals surface area contributed by atoms with Crippen molar-refractivity contribution in [3.05, 3.63) is 29.3 Å². The molecule has 0 saturated heterocycles. The number of benzene rings is 1. The van der Waals surface area contributed by atoms with E-state index in [9.17, 15) is 13.2 Å². The largest absolute Gasteiger partial charge is 0.352 e. The molecule has 1 aromatic rings. The lowest BCUT2D eigenvalue weighted by Gasteiger charge is -2.21. The number of rotatable bonds is 5. The first-order valence-electron chi connectivity index (χ1n) is 7.60. The highest BCUT2D eigenvalue weighted by molar-refractivity contribution is 7.92. The Morgan fingerprint density at radius 2 is 2.09 bits per heavy atom. The molecule has 1 atom stereocenters. The minimum Gasteiger partial charge on any atom is -0.352 e. The van der Waals surface area contributed by atoms with Gasteiger partial charge in [-0.3, -0.25) is 9.10 Å². The monoisotopic (exact) mass is 324 g/mol. The first-order valence-corrected chi connectivity index (χ1v) is 9.45. The van der Waals surface area contributed by atoms with Gasteiger partial charge < -0.3 is 5.32 Å². The van der Waals surface area contributed by atoms with E-state index in [0.29, 0.717) is 30.1 Å². The summed E-state index contributed by atoms with van der Waals surface area (Å²) in [7, 11) is -3.29. The highest BCUT2D eigenvalue weighted by atomic mass is 32.2. The summed E-state index contributed by atoms with van der Waals surface area (Å²) in [5.41, 5.74) is 2.19. The molecule has 5 nitrogen and oxygen atoms in total. The number of hydrogen-bond donors (Lipinski definition) is 1. The van der Waals surface area contributed by atoms with Crippen molar-refractivity contribution in [1.82, 2.24) is 5.32 Å². The maximum Gasteiger partial charge on any atom is 0.251 e. The Labute approximate surface area is 132 Å². The fraction of sp³-hybridized carbons (Fsp3) is 0.562. The molecule has 0 aromatic heterocycles. The van der Waals surface area contributed by atoms with E-state index in [4.69, 9.17) is 0 Å². The Kier molecular flexibility index (Phi) is 4.80. The first-order chi connectivity index (χ1) is 10.2. The summed E-state index contributed by atoms with van der Waals surface area (Å²) in [6.45, 7) is 6.76. The number of nitrogens with one attached hydrogen (secondary N) is 1. The van der Waals surface area contributed by atoms with Crippen LogP contribution in [0.3, 0.4) is 0 Å². The van der Waals surface area contributed by atoms with Crippen LogP contribution in [0.25, 0.3) is 0 Å². The molecular formula is C16H24N2O3S. The zero-order valence-electron chi connectivity index (χ0n) is 13.6. The van der Waals surface area contributed by atoms with Crippen LogP contribution < -0.4 is 9.62 Å². The third-order valence-electron chi connectivity index (χ3n) is 3.86. The standard InChI is InChI=1S/C16H24N2O3S/c1-11(2)7-8-17-16(19)13-5-6-15-14(10-13)9-12(3)18(15)22(4,20)21/h5-6,10-12H,7-9H2,1-4H3,(H,17,19)/t12-/m1/s1. The summed E-state index contributed by atoms with van der Waals surface area (Å²) < 4.78 is 25.2. The zero-order valence-corrected chi connectivity index (χ0v) is 14.4. The lowest BCUT2D eigenvalue weighted by molar-refractivity contribution is 0.0952. The first kappa shape index (κ1) is 16.8.